The number of amides is 1. The average Bonchev–Trinajstić information content (AvgIpc) is 3.14. The summed E-state index contributed by atoms with van der Waals surface area (Å²) >= 11 is 7.92. The van der Waals surface area contributed by atoms with Crippen molar-refractivity contribution in [2.75, 3.05) is 14.2 Å². The molecule has 1 atom stereocenters. The number of imidazole rings is 1. The maximum atomic E-state index is 12.3. The number of methoxy groups -OCH3 is 2. The number of nitrogens with one attached hydrogen (secondary N) is 1. The van der Waals surface area contributed by atoms with Gasteiger partial charge in [0.15, 0.2) is 4.96 Å². The van der Waals surface area contributed by atoms with Gasteiger partial charge in [-0.05, 0) is 6.07 Å². The van der Waals surface area contributed by atoms with Gasteiger partial charge in [0, 0.05) is 35.5 Å². The third-order valence-electron chi connectivity index (χ3n) is 4.43. The first-order valence-corrected chi connectivity index (χ1v) is 9.00. The first-order valence-electron chi connectivity index (χ1n) is 7.74. The molecule has 1 aromatic carbocycles. The van der Waals surface area contributed by atoms with Gasteiger partial charge in [0.05, 0.1) is 37.2 Å². The molecule has 1 aliphatic heterocycles. The van der Waals surface area contributed by atoms with Crippen LogP contribution in [0.4, 0.5) is 0 Å². The monoisotopic (exact) mass is 377 g/mol. The zero-order chi connectivity index (χ0) is 17.6. The van der Waals surface area contributed by atoms with Crippen LogP contribution in [0.2, 0.25) is 5.02 Å². The van der Waals surface area contributed by atoms with Crippen molar-refractivity contribution in [3.63, 3.8) is 0 Å². The van der Waals surface area contributed by atoms with E-state index in [4.69, 9.17) is 21.1 Å². The average molecular weight is 378 g/mol. The minimum Gasteiger partial charge on any atom is -0.496 e. The number of thiazole rings is 1. The smallest absolute Gasteiger partial charge is 0.221 e. The number of nitrogens with zero attached hydrogens (tertiary/aromatic N) is 2. The number of benzene rings is 1. The van der Waals surface area contributed by atoms with Crippen molar-refractivity contribution in [3.8, 4) is 11.5 Å². The highest BCUT2D eigenvalue weighted by molar-refractivity contribution is 7.15. The van der Waals surface area contributed by atoms with Gasteiger partial charge in [-0.2, -0.15) is 0 Å². The van der Waals surface area contributed by atoms with Gasteiger partial charge in [-0.25, -0.2) is 4.98 Å². The van der Waals surface area contributed by atoms with Gasteiger partial charge in [-0.15, -0.1) is 11.3 Å². The number of halogens is 1. The molecule has 4 rings (SSSR count). The predicted octanol–water partition coefficient (Wildman–Crippen LogP) is 3.22. The molecule has 0 saturated heterocycles. The quantitative estimate of drug-likeness (QED) is 0.761. The Morgan fingerprint density at radius 2 is 2.12 bits per heavy atom. The Kier molecular flexibility index (Phi) is 4.05. The first-order chi connectivity index (χ1) is 12.1. The number of rotatable bonds is 3. The predicted molar refractivity (Wildman–Crippen MR) is 95.9 cm³/mol. The van der Waals surface area contributed by atoms with Crippen molar-refractivity contribution in [1.29, 1.82) is 0 Å². The molecule has 6 nitrogen and oxygen atoms in total. The van der Waals surface area contributed by atoms with Gasteiger partial charge in [0.25, 0.3) is 0 Å². The minimum atomic E-state index is -0.208. The Morgan fingerprint density at radius 1 is 1.32 bits per heavy atom. The van der Waals surface area contributed by atoms with E-state index < -0.39 is 0 Å². The molecule has 3 aromatic rings. The number of hydrogen-bond acceptors (Lipinski definition) is 5. The molecule has 1 aliphatic rings. The molecule has 0 spiro atoms. The fourth-order valence-electron chi connectivity index (χ4n) is 3.30. The second-order valence-corrected chi connectivity index (χ2v) is 7.04. The molecule has 1 N–H and O–H groups in total. The molecule has 3 heterocycles. The fraction of sp³-hybridized carbons (Fsp3) is 0.294. The highest BCUT2D eigenvalue weighted by atomic mass is 35.5. The number of hydrogen-bond donors (Lipinski definition) is 1. The van der Waals surface area contributed by atoms with Gasteiger partial charge in [-0.3, -0.25) is 9.20 Å². The maximum absolute atomic E-state index is 12.3. The van der Waals surface area contributed by atoms with E-state index in [0.29, 0.717) is 29.5 Å². The third-order valence-corrected chi connectivity index (χ3v) is 5.48. The van der Waals surface area contributed by atoms with Crippen LogP contribution in [0.25, 0.3) is 4.96 Å². The van der Waals surface area contributed by atoms with Crippen LogP contribution in [-0.4, -0.2) is 29.5 Å². The molecule has 0 aliphatic carbocycles. The molecule has 0 bridgehead atoms. The summed E-state index contributed by atoms with van der Waals surface area (Å²) < 4.78 is 12.9. The van der Waals surface area contributed by atoms with E-state index in [1.165, 1.54) is 0 Å². The van der Waals surface area contributed by atoms with Crippen LogP contribution in [0, 0.1) is 0 Å². The Bertz CT molecular complexity index is 966. The summed E-state index contributed by atoms with van der Waals surface area (Å²) in [6.45, 7) is 0.422. The van der Waals surface area contributed by atoms with E-state index in [1.807, 2.05) is 22.0 Å². The summed E-state index contributed by atoms with van der Waals surface area (Å²) in [5.74, 6) is 0.938. The van der Waals surface area contributed by atoms with Crippen molar-refractivity contribution in [3.05, 3.63) is 45.7 Å². The summed E-state index contributed by atoms with van der Waals surface area (Å²) in [6, 6.07) is 3.57. The fourth-order valence-corrected chi connectivity index (χ4v) is 4.29. The van der Waals surface area contributed by atoms with Gasteiger partial charge in [0.1, 0.15) is 11.5 Å². The molecule has 0 radical (unpaired) electrons. The highest BCUT2D eigenvalue weighted by Crippen LogP contribution is 2.42. The van der Waals surface area contributed by atoms with Crippen LogP contribution in [0.3, 0.4) is 0 Å². The zero-order valence-corrected chi connectivity index (χ0v) is 15.3. The topological polar surface area (TPSA) is 64.9 Å². The number of carbonyl (C=O) groups is 1. The number of ether oxygens (including phenoxy) is 2. The number of fused-ring (bicyclic) bond motifs is 3. The molecule has 1 amide bonds. The van der Waals surface area contributed by atoms with E-state index in [1.54, 1.807) is 31.6 Å². The second-order valence-electron chi connectivity index (χ2n) is 5.76. The summed E-state index contributed by atoms with van der Waals surface area (Å²) in [5.41, 5.74) is 2.71. The number of aromatic nitrogens is 2. The molecule has 0 fully saturated rings. The van der Waals surface area contributed by atoms with Crippen LogP contribution >= 0.6 is 22.9 Å². The van der Waals surface area contributed by atoms with Crippen LogP contribution in [0.5, 0.6) is 11.5 Å². The first kappa shape index (κ1) is 16.2. The van der Waals surface area contributed by atoms with Crippen molar-refractivity contribution < 1.29 is 14.3 Å². The molecule has 0 saturated carbocycles. The van der Waals surface area contributed by atoms with E-state index in [0.717, 1.165) is 21.9 Å². The Morgan fingerprint density at radius 3 is 2.88 bits per heavy atom. The lowest BCUT2D eigenvalue weighted by molar-refractivity contribution is -0.121. The maximum Gasteiger partial charge on any atom is 0.221 e. The van der Waals surface area contributed by atoms with Crippen molar-refractivity contribution in [2.24, 2.45) is 0 Å². The van der Waals surface area contributed by atoms with Crippen molar-refractivity contribution in [2.45, 2.75) is 18.9 Å². The largest absolute Gasteiger partial charge is 0.496 e. The number of carbonyl (C=O) groups excluding carboxylic acids is 1. The molecular formula is C17H16ClN3O3S. The van der Waals surface area contributed by atoms with Crippen LogP contribution in [0.1, 0.15) is 29.3 Å². The normalized spacial score (nSPS) is 17.1. The molecule has 0 unspecified atom stereocenters. The Hall–Kier alpha value is -2.25. The van der Waals surface area contributed by atoms with Gasteiger partial charge >= 0.3 is 0 Å². The van der Waals surface area contributed by atoms with Gasteiger partial charge < -0.3 is 14.8 Å². The lowest BCUT2D eigenvalue weighted by atomic mass is 9.90. The lowest BCUT2D eigenvalue weighted by Gasteiger charge is -2.19. The van der Waals surface area contributed by atoms with Crippen LogP contribution in [0.15, 0.2) is 23.7 Å². The standard InChI is InChI=1S/C17H16ClN3O3S/c1-23-13-7-14(24-2)11(18)5-9(13)10-6-15(22)19-8-12-16(10)21-3-4-25-17(21)20-12/h3-5,7,10H,6,8H2,1-2H3,(H,19,22)/t10-/m0/s1. The molecule has 2 aromatic heterocycles. The van der Waals surface area contributed by atoms with Gasteiger partial charge in [0.2, 0.25) is 5.91 Å². The highest BCUT2D eigenvalue weighted by Gasteiger charge is 2.31. The summed E-state index contributed by atoms with van der Waals surface area (Å²) in [5, 5.41) is 5.38. The van der Waals surface area contributed by atoms with E-state index >= 15 is 0 Å². The summed E-state index contributed by atoms with van der Waals surface area (Å²) in [7, 11) is 3.16. The molecule has 25 heavy (non-hydrogen) atoms. The van der Waals surface area contributed by atoms with Crippen molar-refractivity contribution in [1.82, 2.24) is 14.7 Å². The molecular weight excluding hydrogens is 362 g/mol. The van der Waals surface area contributed by atoms with E-state index in [9.17, 15) is 4.79 Å². The van der Waals surface area contributed by atoms with Crippen LogP contribution in [-0.2, 0) is 11.3 Å². The minimum absolute atomic E-state index is 0.0269. The van der Waals surface area contributed by atoms with E-state index in [2.05, 4.69) is 10.3 Å². The zero-order valence-electron chi connectivity index (χ0n) is 13.7. The Labute approximate surface area is 153 Å². The SMILES string of the molecule is COc1cc(OC)c([C@@H]2CC(=O)NCc3nc4sccn4c32)cc1Cl. The molecule has 130 valence electrons. The van der Waals surface area contributed by atoms with Gasteiger partial charge in [-0.1, -0.05) is 11.6 Å². The van der Waals surface area contributed by atoms with E-state index in [-0.39, 0.29) is 11.8 Å². The Balaban J connectivity index is 1.95. The molecule has 8 heteroatoms. The summed E-state index contributed by atoms with van der Waals surface area (Å²) in [6.07, 6.45) is 2.28. The lowest BCUT2D eigenvalue weighted by Crippen LogP contribution is -2.21. The summed E-state index contributed by atoms with van der Waals surface area (Å²) in [4.78, 5) is 17.8. The third kappa shape index (κ3) is 2.63. The second kappa shape index (κ2) is 6.24. The van der Waals surface area contributed by atoms with Crippen molar-refractivity contribution >= 4 is 33.8 Å². The van der Waals surface area contributed by atoms with Crippen LogP contribution < -0.4 is 14.8 Å².